The van der Waals surface area contributed by atoms with E-state index in [9.17, 15) is 19.7 Å². The van der Waals surface area contributed by atoms with Crippen LogP contribution < -0.4 is 5.32 Å². The fourth-order valence-corrected chi connectivity index (χ4v) is 3.07. The number of rotatable bonds is 8. The van der Waals surface area contributed by atoms with Gasteiger partial charge in [0.2, 0.25) is 0 Å². The zero-order chi connectivity index (χ0) is 20.7. The van der Waals surface area contributed by atoms with Gasteiger partial charge in [-0.05, 0) is 37.8 Å². The van der Waals surface area contributed by atoms with Crippen LogP contribution in [0.5, 0.6) is 0 Å². The highest BCUT2D eigenvalue weighted by Crippen LogP contribution is 2.26. The monoisotopic (exact) mass is 402 g/mol. The number of ether oxygens (including phenoxy) is 1. The van der Waals surface area contributed by atoms with Gasteiger partial charge in [-0.15, -0.1) is 11.8 Å². The maximum absolute atomic E-state index is 12.8. The van der Waals surface area contributed by atoms with Gasteiger partial charge >= 0.3 is 5.97 Å². The number of carbonyl (C=O) groups is 2. The average molecular weight is 402 g/mol. The highest BCUT2D eigenvalue weighted by atomic mass is 32.2. The van der Waals surface area contributed by atoms with Crippen molar-refractivity contribution < 1.29 is 19.2 Å². The summed E-state index contributed by atoms with van der Waals surface area (Å²) in [5.74, 6) is -1.08. The molecule has 1 atom stereocenters. The Morgan fingerprint density at radius 2 is 1.86 bits per heavy atom. The van der Waals surface area contributed by atoms with Gasteiger partial charge in [-0.2, -0.15) is 0 Å². The average Bonchev–Trinajstić information content (AvgIpc) is 2.66. The van der Waals surface area contributed by atoms with Crippen LogP contribution in [0.2, 0.25) is 0 Å². The summed E-state index contributed by atoms with van der Waals surface area (Å²) >= 11 is 1.38. The van der Waals surface area contributed by atoms with Gasteiger partial charge in [0.15, 0.2) is 0 Å². The van der Waals surface area contributed by atoms with E-state index >= 15 is 0 Å². The molecule has 0 aliphatic rings. The summed E-state index contributed by atoms with van der Waals surface area (Å²) in [6.45, 7) is 3.48. The van der Waals surface area contributed by atoms with E-state index in [0.29, 0.717) is 5.56 Å². The summed E-state index contributed by atoms with van der Waals surface area (Å²) in [7, 11) is 0. The molecular formula is C20H22N2O5S. The lowest BCUT2D eigenvalue weighted by Crippen LogP contribution is -2.31. The molecule has 0 saturated heterocycles. The quantitative estimate of drug-likeness (QED) is 0.308. The van der Waals surface area contributed by atoms with Crippen LogP contribution in [0.3, 0.4) is 0 Å². The highest BCUT2D eigenvalue weighted by Gasteiger charge is 2.25. The van der Waals surface area contributed by atoms with Gasteiger partial charge in [0.1, 0.15) is 5.56 Å². The molecule has 0 bridgehead atoms. The summed E-state index contributed by atoms with van der Waals surface area (Å²) in [4.78, 5) is 36.5. The molecule has 0 heterocycles. The van der Waals surface area contributed by atoms with E-state index in [0.717, 1.165) is 4.90 Å². The topological polar surface area (TPSA) is 98.5 Å². The maximum Gasteiger partial charge on any atom is 0.308 e. The third kappa shape index (κ3) is 5.82. The second-order valence-electron chi connectivity index (χ2n) is 6.32. The molecule has 0 aromatic heterocycles. The number of nitro benzene ring substituents is 1. The number of nitrogens with zero attached hydrogens (tertiary/aromatic N) is 1. The molecule has 0 aliphatic carbocycles. The number of nitrogens with one attached hydrogen (secondary N) is 1. The third-order valence-corrected chi connectivity index (χ3v) is 4.62. The summed E-state index contributed by atoms with van der Waals surface area (Å²) in [5, 5.41) is 14.1. The SMILES string of the molecule is CSc1ccc([N+](=O)[O-])c(C(=O)NC(CC(=O)OC(C)C)c2ccccc2)c1. The first kappa shape index (κ1) is 21.4. The Bertz CT molecular complexity index is 855. The van der Waals surface area contributed by atoms with Crippen LogP contribution in [0.15, 0.2) is 53.4 Å². The molecule has 1 amide bonds. The van der Waals surface area contributed by atoms with Crippen molar-refractivity contribution in [3.63, 3.8) is 0 Å². The van der Waals surface area contributed by atoms with Gasteiger partial charge in [-0.25, -0.2) is 0 Å². The van der Waals surface area contributed by atoms with Crippen LogP contribution in [0, 0.1) is 10.1 Å². The summed E-state index contributed by atoms with van der Waals surface area (Å²) in [5.41, 5.74) is 0.377. The molecule has 0 saturated carbocycles. The summed E-state index contributed by atoms with van der Waals surface area (Å²) < 4.78 is 5.19. The minimum absolute atomic E-state index is 0.0463. The normalized spacial score (nSPS) is 11.7. The lowest BCUT2D eigenvalue weighted by atomic mass is 10.0. The zero-order valence-electron chi connectivity index (χ0n) is 15.9. The van der Waals surface area contributed by atoms with E-state index in [1.165, 1.54) is 23.9 Å². The summed E-state index contributed by atoms with van der Waals surface area (Å²) in [6.07, 6.45) is 1.46. The molecule has 0 radical (unpaired) electrons. The lowest BCUT2D eigenvalue weighted by molar-refractivity contribution is -0.385. The molecule has 0 aliphatic heterocycles. The largest absolute Gasteiger partial charge is 0.463 e. The van der Waals surface area contributed by atoms with E-state index in [4.69, 9.17) is 4.74 Å². The molecule has 2 rings (SSSR count). The standard InChI is InChI=1S/C20H22N2O5S/c1-13(2)27-19(23)12-17(14-7-5-4-6-8-14)21-20(24)16-11-15(28-3)9-10-18(16)22(25)26/h4-11,13,17H,12H2,1-3H3,(H,21,24). The molecule has 7 nitrogen and oxygen atoms in total. The molecular weight excluding hydrogens is 380 g/mol. The Morgan fingerprint density at radius 3 is 2.43 bits per heavy atom. The fourth-order valence-electron chi connectivity index (χ4n) is 2.63. The smallest absolute Gasteiger partial charge is 0.308 e. The van der Waals surface area contributed by atoms with Crippen molar-refractivity contribution in [1.82, 2.24) is 5.32 Å². The van der Waals surface area contributed by atoms with Crippen molar-refractivity contribution in [3.05, 3.63) is 69.8 Å². The Hall–Kier alpha value is -2.87. The predicted octanol–water partition coefficient (Wildman–Crippen LogP) is 4.13. The van der Waals surface area contributed by atoms with Crippen LogP contribution in [0.25, 0.3) is 0 Å². The van der Waals surface area contributed by atoms with E-state index < -0.39 is 22.8 Å². The number of amides is 1. The molecule has 28 heavy (non-hydrogen) atoms. The van der Waals surface area contributed by atoms with Crippen LogP contribution >= 0.6 is 11.8 Å². The third-order valence-electron chi connectivity index (χ3n) is 3.89. The van der Waals surface area contributed by atoms with Gasteiger partial charge in [-0.1, -0.05) is 30.3 Å². The minimum Gasteiger partial charge on any atom is -0.463 e. The van der Waals surface area contributed by atoms with Crippen molar-refractivity contribution in [2.45, 2.75) is 37.3 Å². The Labute approximate surface area is 167 Å². The number of hydrogen-bond acceptors (Lipinski definition) is 6. The van der Waals surface area contributed by atoms with Gasteiger partial charge < -0.3 is 10.1 Å². The number of esters is 1. The van der Waals surface area contributed by atoms with Crippen molar-refractivity contribution >= 4 is 29.3 Å². The van der Waals surface area contributed by atoms with Crippen molar-refractivity contribution in [1.29, 1.82) is 0 Å². The first-order chi connectivity index (χ1) is 13.3. The van der Waals surface area contributed by atoms with Crippen molar-refractivity contribution in [2.75, 3.05) is 6.26 Å². The second kappa shape index (κ2) is 9.89. The molecule has 1 N–H and O–H groups in total. The van der Waals surface area contributed by atoms with Crippen LogP contribution in [0.1, 0.15) is 42.2 Å². The number of hydrogen-bond donors (Lipinski definition) is 1. The first-order valence-corrected chi connectivity index (χ1v) is 9.92. The van der Waals surface area contributed by atoms with Gasteiger partial charge in [-0.3, -0.25) is 19.7 Å². The molecule has 2 aromatic rings. The summed E-state index contributed by atoms with van der Waals surface area (Å²) in [6, 6.07) is 12.7. The molecule has 0 fully saturated rings. The number of nitro groups is 1. The molecule has 0 spiro atoms. The van der Waals surface area contributed by atoms with Crippen LogP contribution in [0.4, 0.5) is 5.69 Å². The van der Waals surface area contributed by atoms with E-state index in [-0.39, 0.29) is 23.8 Å². The van der Waals surface area contributed by atoms with Gasteiger partial charge in [0, 0.05) is 11.0 Å². The molecule has 2 aromatic carbocycles. The van der Waals surface area contributed by atoms with Crippen LogP contribution in [-0.2, 0) is 9.53 Å². The second-order valence-corrected chi connectivity index (χ2v) is 7.20. The molecule has 148 valence electrons. The first-order valence-electron chi connectivity index (χ1n) is 8.69. The zero-order valence-corrected chi connectivity index (χ0v) is 16.7. The number of carbonyl (C=O) groups excluding carboxylic acids is 2. The Balaban J connectivity index is 2.32. The lowest BCUT2D eigenvalue weighted by Gasteiger charge is -2.19. The minimum atomic E-state index is -0.669. The maximum atomic E-state index is 12.8. The van der Waals surface area contributed by atoms with Gasteiger partial charge in [0.05, 0.1) is 23.5 Å². The van der Waals surface area contributed by atoms with Crippen molar-refractivity contribution in [2.24, 2.45) is 0 Å². The Morgan fingerprint density at radius 1 is 1.18 bits per heavy atom. The highest BCUT2D eigenvalue weighted by molar-refractivity contribution is 7.98. The fraction of sp³-hybridized carbons (Fsp3) is 0.300. The van der Waals surface area contributed by atoms with E-state index in [1.54, 1.807) is 44.2 Å². The van der Waals surface area contributed by atoms with E-state index in [1.807, 2.05) is 12.3 Å². The molecule has 8 heteroatoms. The number of thioether (sulfide) groups is 1. The van der Waals surface area contributed by atoms with E-state index in [2.05, 4.69) is 5.32 Å². The number of benzene rings is 2. The van der Waals surface area contributed by atoms with Crippen molar-refractivity contribution in [3.8, 4) is 0 Å². The Kier molecular flexibility index (Phi) is 7.57. The van der Waals surface area contributed by atoms with Crippen LogP contribution in [-0.4, -0.2) is 29.2 Å². The van der Waals surface area contributed by atoms with Gasteiger partial charge in [0.25, 0.3) is 11.6 Å². The predicted molar refractivity (Wildman–Crippen MR) is 107 cm³/mol. The molecule has 1 unspecified atom stereocenters.